The molecule has 3 heterocycles. The summed E-state index contributed by atoms with van der Waals surface area (Å²) in [5, 5.41) is 15.4. The molecule has 1 saturated heterocycles. The van der Waals surface area contributed by atoms with Crippen LogP contribution in [0, 0.1) is 6.92 Å². The fourth-order valence-electron chi connectivity index (χ4n) is 4.78. The number of methoxy groups -OCH3 is 1. The third-order valence-electron chi connectivity index (χ3n) is 6.82. The Morgan fingerprint density at radius 1 is 1.32 bits per heavy atom. The molecular formula is C26H34ClN7O3. The Hall–Kier alpha value is -3.37. The van der Waals surface area contributed by atoms with Gasteiger partial charge >= 0.3 is 0 Å². The molecule has 2 aromatic heterocycles. The Morgan fingerprint density at radius 3 is 2.70 bits per heavy atom. The van der Waals surface area contributed by atoms with Gasteiger partial charge in [-0.1, -0.05) is 39.0 Å². The van der Waals surface area contributed by atoms with Crippen LogP contribution in [0.1, 0.15) is 48.3 Å². The second-order valence-corrected chi connectivity index (χ2v) is 10.8. The molecule has 0 bridgehead atoms. The molecule has 0 spiro atoms. The molecule has 1 aromatic carbocycles. The number of hydrogen-bond donors (Lipinski definition) is 3. The van der Waals surface area contributed by atoms with Crippen LogP contribution in [0.3, 0.4) is 0 Å². The maximum Gasteiger partial charge on any atom is 0.270 e. The van der Waals surface area contributed by atoms with Gasteiger partial charge in [-0.25, -0.2) is 4.98 Å². The summed E-state index contributed by atoms with van der Waals surface area (Å²) in [4.78, 5) is 31.5. The first-order valence-corrected chi connectivity index (χ1v) is 12.5. The van der Waals surface area contributed by atoms with Gasteiger partial charge in [-0.2, -0.15) is 5.10 Å². The number of imidazole rings is 1. The standard InChI is InChI=1S/C26H34ClN7O3/c1-8-22(35)34-12-19(20(13-34)37-7)30-25(36)23-14(2)29-21(33(23)6)11-28-24-15-9-16(26(3,4)5)17(27)10-18(15)31-32-24/h8-10,19-20H,1,11-13H2,2-7H3,(H,30,36)(H2,28,31,32)/t19-,20+/m0/s1. The summed E-state index contributed by atoms with van der Waals surface area (Å²) in [6.45, 7) is 12.8. The maximum atomic E-state index is 13.2. The van der Waals surface area contributed by atoms with Gasteiger partial charge in [0.05, 0.1) is 29.9 Å². The number of likely N-dealkylation sites (tertiary alicyclic amines) is 1. The molecule has 37 heavy (non-hydrogen) atoms. The summed E-state index contributed by atoms with van der Waals surface area (Å²) in [5.41, 5.74) is 2.82. The molecule has 0 unspecified atom stereocenters. The minimum absolute atomic E-state index is 0.115. The van der Waals surface area contributed by atoms with Gasteiger partial charge in [0.1, 0.15) is 11.5 Å². The second kappa shape index (κ2) is 10.2. The number of rotatable bonds is 7. The predicted octanol–water partition coefficient (Wildman–Crippen LogP) is 3.31. The highest BCUT2D eigenvalue weighted by Gasteiger charge is 2.36. The Bertz CT molecular complexity index is 1350. The lowest BCUT2D eigenvalue weighted by Crippen LogP contribution is -2.44. The average Bonchev–Trinajstić information content (AvgIpc) is 3.50. The molecule has 0 saturated carbocycles. The van der Waals surface area contributed by atoms with Gasteiger partial charge in [0.2, 0.25) is 5.91 Å². The molecule has 1 fully saturated rings. The fraction of sp³-hybridized carbons (Fsp3) is 0.462. The Labute approximate surface area is 221 Å². The van der Waals surface area contributed by atoms with E-state index in [2.05, 4.69) is 59.2 Å². The largest absolute Gasteiger partial charge is 0.377 e. The molecule has 1 aliphatic heterocycles. The van der Waals surface area contributed by atoms with Crippen LogP contribution < -0.4 is 10.6 Å². The number of benzene rings is 1. The maximum absolute atomic E-state index is 13.2. The van der Waals surface area contributed by atoms with Crippen LogP contribution in [-0.2, 0) is 28.5 Å². The predicted molar refractivity (Wildman–Crippen MR) is 144 cm³/mol. The summed E-state index contributed by atoms with van der Waals surface area (Å²) in [7, 11) is 3.38. The molecule has 198 valence electrons. The van der Waals surface area contributed by atoms with Crippen LogP contribution in [0.25, 0.3) is 10.9 Å². The second-order valence-electron chi connectivity index (χ2n) is 10.4. The number of amides is 2. The lowest BCUT2D eigenvalue weighted by molar-refractivity contribution is -0.125. The van der Waals surface area contributed by atoms with Gasteiger partial charge in [0, 0.05) is 37.7 Å². The van der Waals surface area contributed by atoms with E-state index in [0.717, 1.165) is 16.5 Å². The van der Waals surface area contributed by atoms with Crippen LogP contribution in [-0.4, -0.2) is 68.8 Å². The van der Waals surface area contributed by atoms with E-state index in [-0.39, 0.29) is 29.4 Å². The van der Waals surface area contributed by atoms with Crippen molar-refractivity contribution in [2.24, 2.45) is 7.05 Å². The quantitative estimate of drug-likeness (QED) is 0.406. The van der Waals surface area contributed by atoms with Crippen LogP contribution in [0.5, 0.6) is 0 Å². The first kappa shape index (κ1) is 26.7. The highest BCUT2D eigenvalue weighted by molar-refractivity contribution is 6.32. The molecule has 1 aliphatic rings. The van der Waals surface area contributed by atoms with Crippen molar-refractivity contribution in [3.8, 4) is 0 Å². The summed E-state index contributed by atoms with van der Waals surface area (Å²) in [6.07, 6.45) is 0.963. The van der Waals surface area contributed by atoms with Crippen molar-refractivity contribution in [2.45, 2.75) is 51.8 Å². The van der Waals surface area contributed by atoms with Gasteiger partial charge in [-0.3, -0.25) is 14.7 Å². The number of aryl methyl sites for hydroxylation is 1. The molecule has 2 amide bonds. The van der Waals surface area contributed by atoms with E-state index in [0.29, 0.717) is 47.7 Å². The molecule has 0 aliphatic carbocycles. The summed E-state index contributed by atoms with van der Waals surface area (Å²) >= 11 is 6.50. The van der Waals surface area contributed by atoms with E-state index in [1.807, 2.05) is 13.1 Å². The first-order valence-electron chi connectivity index (χ1n) is 12.1. The SMILES string of the molecule is C=CC(=O)N1C[C@H](NC(=O)c2c(C)nc(CNc3n[nH]c4cc(Cl)c(C(C)(C)C)cc34)n2C)[C@H](OC)C1. The van der Waals surface area contributed by atoms with Crippen molar-refractivity contribution in [1.29, 1.82) is 0 Å². The van der Waals surface area contributed by atoms with Crippen molar-refractivity contribution in [3.05, 3.63) is 52.6 Å². The number of fused-ring (bicyclic) bond motifs is 1. The minimum Gasteiger partial charge on any atom is -0.377 e. The Balaban J connectivity index is 1.50. The number of anilines is 1. The number of H-pyrrole nitrogens is 1. The first-order chi connectivity index (χ1) is 17.4. The monoisotopic (exact) mass is 527 g/mol. The van der Waals surface area contributed by atoms with E-state index in [1.54, 1.807) is 23.5 Å². The van der Waals surface area contributed by atoms with Crippen LogP contribution in [0.15, 0.2) is 24.8 Å². The van der Waals surface area contributed by atoms with Crippen LogP contribution in [0.4, 0.5) is 5.82 Å². The number of aromatic nitrogens is 4. The van der Waals surface area contributed by atoms with Crippen molar-refractivity contribution in [2.75, 3.05) is 25.5 Å². The number of aromatic amines is 1. The summed E-state index contributed by atoms with van der Waals surface area (Å²) in [5.74, 6) is 0.909. The molecule has 10 nitrogen and oxygen atoms in total. The van der Waals surface area contributed by atoms with E-state index in [4.69, 9.17) is 16.3 Å². The van der Waals surface area contributed by atoms with Gasteiger partial charge in [0.25, 0.3) is 5.91 Å². The smallest absolute Gasteiger partial charge is 0.270 e. The number of halogens is 1. The van der Waals surface area contributed by atoms with Gasteiger partial charge in [0.15, 0.2) is 5.82 Å². The summed E-state index contributed by atoms with van der Waals surface area (Å²) < 4.78 is 7.28. The Morgan fingerprint density at radius 2 is 2.05 bits per heavy atom. The third kappa shape index (κ3) is 5.21. The number of nitrogens with one attached hydrogen (secondary N) is 3. The van der Waals surface area contributed by atoms with Gasteiger partial charge in [-0.15, -0.1) is 0 Å². The third-order valence-corrected chi connectivity index (χ3v) is 7.13. The number of hydrogen-bond acceptors (Lipinski definition) is 6. The molecule has 2 atom stereocenters. The number of carbonyl (C=O) groups is 2. The van der Waals surface area contributed by atoms with E-state index < -0.39 is 0 Å². The van der Waals surface area contributed by atoms with Crippen LogP contribution >= 0.6 is 11.6 Å². The highest BCUT2D eigenvalue weighted by Crippen LogP contribution is 2.34. The van der Waals surface area contributed by atoms with Gasteiger partial charge in [-0.05, 0) is 36.1 Å². The molecular weight excluding hydrogens is 494 g/mol. The summed E-state index contributed by atoms with van der Waals surface area (Å²) in [6, 6.07) is 3.61. The fourth-order valence-corrected chi connectivity index (χ4v) is 5.22. The molecule has 0 radical (unpaired) electrons. The molecule has 3 aromatic rings. The number of carbonyl (C=O) groups excluding carboxylic acids is 2. The zero-order chi connectivity index (χ0) is 27.1. The van der Waals surface area contributed by atoms with Crippen LogP contribution in [0.2, 0.25) is 5.02 Å². The topological polar surface area (TPSA) is 117 Å². The Kier molecular flexibility index (Phi) is 7.34. The van der Waals surface area contributed by atoms with Crippen molar-refractivity contribution >= 4 is 40.1 Å². The van der Waals surface area contributed by atoms with Gasteiger partial charge < -0.3 is 24.8 Å². The molecule has 4 rings (SSSR count). The van der Waals surface area contributed by atoms with Crippen molar-refractivity contribution in [1.82, 2.24) is 30.0 Å². The lowest BCUT2D eigenvalue weighted by atomic mass is 9.86. The van der Waals surface area contributed by atoms with E-state index >= 15 is 0 Å². The molecule has 3 N–H and O–H groups in total. The average molecular weight is 528 g/mol. The number of ether oxygens (including phenoxy) is 1. The minimum atomic E-state index is -0.337. The zero-order valence-corrected chi connectivity index (χ0v) is 22.9. The van der Waals surface area contributed by atoms with E-state index in [1.165, 1.54) is 6.08 Å². The number of nitrogens with zero attached hydrogens (tertiary/aromatic N) is 4. The zero-order valence-electron chi connectivity index (χ0n) is 22.1. The molecule has 11 heteroatoms. The highest BCUT2D eigenvalue weighted by atomic mass is 35.5. The normalized spacial score (nSPS) is 17.9. The lowest BCUT2D eigenvalue weighted by Gasteiger charge is -2.20. The van der Waals surface area contributed by atoms with Crippen molar-refractivity contribution < 1.29 is 14.3 Å². The van der Waals surface area contributed by atoms with Crippen molar-refractivity contribution in [3.63, 3.8) is 0 Å². The van der Waals surface area contributed by atoms with E-state index in [9.17, 15) is 9.59 Å².